The van der Waals surface area contributed by atoms with E-state index in [0.717, 1.165) is 25.7 Å². The Kier molecular flexibility index (Phi) is 5.13. The van der Waals surface area contributed by atoms with Crippen LogP contribution in [0.2, 0.25) is 0 Å². The molecule has 22 heavy (non-hydrogen) atoms. The highest BCUT2D eigenvalue weighted by Gasteiger charge is 2.27. The molecular weight excluding hydrogens is 278 g/mol. The fourth-order valence-electron chi connectivity index (χ4n) is 3.88. The second-order valence-corrected chi connectivity index (χ2v) is 6.81. The third-order valence-corrected chi connectivity index (χ3v) is 5.14. The maximum Gasteiger partial charge on any atom is 0.240 e. The van der Waals surface area contributed by atoms with E-state index < -0.39 is 6.10 Å². The number of hydrogen-bond donors (Lipinski definition) is 2. The van der Waals surface area contributed by atoms with Gasteiger partial charge < -0.3 is 15.0 Å². The number of carbonyl (C=O) groups excluding carboxylic acids is 1. The fraction of sp³-hybridized carbons (Fsp3) is 0.765. The molecule has 1 heterocycles. The Bertz CT molecular complexity index is 488. The number of aliphatic hydroxyl groups excluding tert-OH is 1. The number of amides is 1. The van der Waals surface area contributed by atoms with E-state index in [-0.39, 0.29) is 18.4 Å². The minimum Gasteiger partial charge on any atom is -0.385 e. The Balaban J connectivity index is 1.59. The molecule has 5 nitrogen and oxygen atoms in total. The van der Waals surface area contributed by atoms with Gasteiger partial charge in [-0.05, 0) is 31.6 Å². The molecule has 2 saturated carbocycles. The number of carbonyl (C=O) groups is 1. The number of nitrogens with one attached hydrogen (secondary N) is 1. The van der Waals surface area contributed by atoms with E-state index in [1.54, 1.807) is 12.4 Å². The molecular formula is C17H27N3O2. The zero-order chi connectivity index (χ0) is 15.4. The summed E-state index contributed by atoms with van der Waals surface area (Å²) < 4.78 is 1.81. The van der Waals surface area contributed by atoms with Crippen LogP contribution < -0.4 is 5.32 Å². The molecule has 0 spiro atoms. The van der Waals surface area contributed by atoms with E-state index in [1.807, 2.05) is 4.57 Å². The van der Waals surface area contributed by atoms with Crippen molar-refractivity contribution in [3.63, 3.8) is 0 Å². The van der Waals surface area contributed by atoms with Crippen LogP contribution in [0.3, 0.4) is 0 Å². The number of nitrogens with zero attached hydrogens (tertiary/aromatic N) is 2. The maximum atomic E-state index is 12.2. The quantitative estimate of drug-likeness (QED) is 0.878. The van der Waals surface area contributed by atoms with E-state index in [2.05, 4.69) is 10.3 Å². The fourth-order valence-corrected chi connectivity index (χ4v) is 3.88. The average molecular weight is 305 g/mol. The van der Waals surface area contributed by atoms with Crippen LogP contribution in [0.1, 0.15) is 69.7 Å². The molecule has 1 aromatic rings. The number of imidazole rings is 1. The van der Waals surface area contributed by atoms with Crippen LogP contribution in [0.25, 0.3) is 0 Å². The van der Waals surface area contributed by atoms with Crippen molar-refractivity contribution in [2.75, 3.05) is 0 Å². The molecule has 1 amide bonds. The van der Waals surface area contributed by atoms with Crippen molar-refractivity contribution in [1.29, 1.82) is 0 Å². The highest BCUT2D eigenvalue weighted by molar-refractivity contribution is 5.76. The van der Waals surface area contributed by atoms with Crippen molar-refractivity contribution >= 4 is 5.91 Å². The van der Waals surface area contributed by atoms with E-state index in [9.17, 15) is 9.90 Å². The molecule has 1 aromatic heterocycles. The lowest BCUT2D eigenvalue weighted by Crippen LogP contribution is -2.35. The average Bonchev–Trinajstić information content (AvgIpc) is 3.19. The molecule has 0 aromatic carbocycles. The summed E-state index contributed by atoms with van der Waals surface area (Å²) in [5.41, 5.74) is 0. The molecule has 122 valence electrons. The first-order valence-corrected chi connectivity index (χ1v) is 8.72. The summed E-state index contributed by atoms with van der Waals surface area (Å²) in [6.07, 6.45) is 13.3. The van der Waals surface area contributed by atoms with E-state index in [1.165, 1.54) is 32.1 Å². The lowest BCUT2D eigenvalue weighted by molar-refractivity contribution is -0.122. The maximum absolute atomic E-state index is 12.2. The van der Waals surface area contributed by atoms with Crippen LogP contribution in [0.4, 0.5) is 0 Å². The lowest BCUT2D eigenvalue weighted by atomic mass is 9.85. The number of aliphatic hydroxyl groups is 1. The van der Waals surface area contributed by atoms with Crippen molar-refractivity contribution in [1.82, 2.24) is 14.9 Å². The first-order chi connectivity index (χ1) is 10.7. The zero-order valence-corrected chi connectivity index (χ0v) is 13.2. The molecule has 2 N–H and O–H groups in total. The minimum absolute atomic E-state index is 0.0296. The molecule has 5 heteroatoms. The van der Waals surface area contributed by atoms with E-state index in [0.29, 0.717) is 11.9 Å². The molecule has 3 rings (SSSR count). The third-order valence-electron chi connectivity index (χ3n) is 5.14. The second-order valence-electron chi connectivity index (χ2n) is 6.81. The van der Waals surface area contributed by atoms with Gasteiger partial charge in [-0.1, -0.05) is 32.1 Å². The molecule has 1 unspecified atom stereocenters. The highest BCUT2D eigenvalue weighted by atomic mass is 16.3. The summed E-state index contributed by atoms with van der Waals surface area (Å²) in [6.45, 7) is 0.260. The molecule has 0 aliphatic heterocycles. The first kappa shape index (κ1) is 15.5. The van der Waals surface area contributed by atoms with Crippen molar-refractivity contribution in [2.45, 2.75) is 76.5 Å². The van der Waals surface area contributed by atoms with Gasteiger partial charge in [0.2, 0.25) is 5.91 Å². The largest absolute Gasteiger partial charge is 0.385 e. The Morgan fingerprint density at radius 2 is 1.91 bits per heavy atom. The van der Waals surface area contributed by atoms with E-state index in [4.69, 9.17) is 0 Å². The summed E-state index contributed by atoms with van der Waals surface area (Å²) in [7, 11) is 0. The summed E-state index contributed by atoms with van der Waals surface area (Å²) in [5.74, 6) is 0.961. The summed E-state index contributed by atoms with van der Waals surface area (Å²) in [6, 6.07) is 0.336. The predicted octanol–water partition coefficient (Wildman–Crippen LogP) is 2.56. The van der Waals surface area contributed by atoms with Gasteiger partial charge in [0.25, 0.3) is 0 Å². The van der Waals surface area contributed by atoms with Gasteiger partial charge in [-0.3, -0.25) is 4.79 Å². The highest BCUT2D eigenvalue weighted by Crippen LogP contribution is 2.33. The van der Waals surface area contributed by atoms with Gasteiger partial charge >= 0.3 is 0 Å². The molecule has 0 radical (unpaired) electrons. The summed E-state index contributed by atoms with van der Waals surface area (Å²) in [5, 5.41) is 13.7. The van der Waals surface area contributed by atoms with Crippen molar-refractivity contribution in [3.05, 3.63) is 18.2 Å². The molecule has 2 aliphatic carbocycles. The number of hydrogen-bond acceptors (Lipinski definition) is 3. The molecule has 1 atom stereocenters. The van der Waals surface area contributed by atoms with Crippen LogP contribution in [-0.2, 0) is 11.3 Å². The Morgan fingerprint density at radius 1 is 1.23 bits per heavy atom. The van der Waals surface area contributed by atoms with Crippen LogP contribution in [0.5, 0.6) is 0 Å². The van der Waals surface area contributed by atoms with Crippen molar-refractivity contribution in [2.24, 2.45) is 5.92 Å². The van der Waals surface area contributed by atoms with Gasteiger partial charge in [0, 0.05) is 18.4 Å². The van der Waals surface area contributed by atoms with Crippen molar-refractivity contribution < 1.29 is 9.90 Å². The van der Waals surface area contributed by atoms with Gasteiger partial charge in [-0.25, -0.2) is 4.98 Å². The van der Waals surface area contributed by atoms with Crippen molar-refractivity contribution in [3.8, 4) is 0 Å². The van der Waals surface area contributed by atoms with Crippen LogP contribution in [0.15, 0.2) is 12.4 Å². The van der Waals surface area contributed by atoms with Gasteiger partial charge in [-0.2, -0.15) is 0 Å². The Labute approximate surface area is 132 Å². The Hall–Kier alpha value is -1.36. The van der Waals surface area contributed by atoms with Gasteiger partial charge in [0.1, 0.15) is 18.5 Å². The lowest BCUT2D eigenvalue weighted by Gasteiger charge is -2.26. The standard InChI is InChI=1S/C17H27N3O2/c21-15(19-14-8-4-5-9-14)12-20-11-10-18-17(20)16(22)13-6-2-1-3-7-13/h10-11,13-14,16,22H,1-9,12H2,(H,19,21). The van der Waals surface area contributed by atoms with Gasteiger partial charge in [0.05, 0.1) is 0 Å². The molecule has 0 bridgehead atoms. The number of rotatable bonds is 5. The van der Waals surface area contributed by atoms with Crippen LogP contribution in [-0.4, -0.2) is 26.6 Å². The summed E-state index contributed by atoms with van der Waals surface area (Å²) >= 11 is 0. The van der Waals surface area contributed by atoms with Gasteiger partial charge in [-0.15, -0.1) is 0 Å². The normalized spacial score (nSPS) is 21.9. The zero-order valence-electron chi connectivity index (χ0n) is 13.2. The smallest absolute Gasteiger partial charge is 0.240 e. The predicted molar refractivity (Wildman–Crippen MR) is 84.2 cm³/mol. The van der Waals surface area contributed by atoms with Gasteiger partial charge in [0.15, 0.2) is 0 Å². The molecule has 2 fully saturated rings. The van der Waals surface area contributed by atoms with Crippen LogP contribution in [0, 0.1) is 5.92 Å². The SMILES string of the molecule is O=C(Cn1ccnc1C(O)C1CCCCC1)NC1CCCC1. The first-order valence-electron chi connectivity index (χ1n) is 8.72. The topological polar surface area (TPSA) is 67.2 Å². The molecule has 0 saturated heterocycles. The second kappa shape index (κ2) is 7.27. The summed E-state index contributed by atoms with van der Waals surface area (Å²) in [4.78, 5) is 16.5. The van der Waals surface area contributed by atoms with Crippen LogP contribution >= 0.6 is 0 Å². The third kappa shape index (κ3) is 3.69. The number of aromatic nitrogens is 2. The van der Waals surface area contributed by atoms with E-state index >= 15 is 0 Å². The molecule has 2 aliphatic rings. The monoisotopic (exact) mass is 305 g/mol. The Morgan fingerprint density at radius 3 is 2.64 bits per heavy atom. The minimum atomic E-state index is -0.547.